The summed E-state index contributed by atoms with van der Waals surface area (Å²) in [6.45, 7) is 0. The molecule has 3 heteroatoms. The second-order valence-corrected chi connectivity index (χ2v) is 2.73. The number of hydrogen-bond acceptors (Lipinski definition) is 0. The maximum atomic E-state index is 2.12. The number of rotatable bonds is 1. The molecule has 0 saturated heterocycles. The zero-order valence-electron chi connectivity index (χ0n) is 8.09. The Labute approximate surface area is 122 Å². The van der Waals surface area contributed by atoms with Crippen LogP contribution in [-0.4, -0.2) is 0 Å². The summed E-state index contributed by atoms with van der Waals surface area (Å²) in [5.74, 6) is 0. The fourth-order valence-corrected chi connectivity index (χ4v) is 1.26. The molecule has 0 amide bonds. The van der Waals surface area contributed by atoms with Gasteiger partial charge in [0.25, 0.3) is 0 Å². The molecule has 0 saturated carbocycles. The average Bonchev–Trinajstić information content (AvgIpc) is 2.21. The monoisotopic (exact) mass is 316 g/mol. The van der Waals surface area contributed by atoms with Gasteiger partial charge in [-0.15, -0.1) is 24.8 Å². The Hall–Kier alpha value is -0.0969. The third kappa shape index (κ3) is 4.97. The van der Waals surface area contributed by atoms with Crippen LogP contribution >= 0.6 is 24.8 Å². The zero-order valence-corrected chi connectivity index (χ0v) is 12.2. The standard InChI is InChI=1S/C12H10.2ClH.Zr/c1-3-7-11(8-4-1)12-9-5-2-6-10-12;;;/h1-10H;2*1H;. The first-order valence-electron chi connectivity index (χ1n) is 4.07. The molecule has 0 aliphatic rings. The molecular weight excluding hydrogens is 306 g/mol. The quantitative estimate of drug-likeness (QED) is 0.739. The number of halogens is 2. The van der Waals surface area contributed by atoms with Gasteiger partial charge >= 0.3 is 0 Å². The van der Waals surface area contributed by atoms with E-state index in [9.17, 15) is 0 Å². The predicted molar refractivity (Wildman–Crippen MR) is 66.4 cm³/mol. The van der Waals surface area contributed by atoms with Gasteiger partial charge in [-0.3, -0.25) is 0 Å². The van der Waals surface area contributed by atoms with E-state index in [1.165, 1.54) is 11.1 Å². The fraction of sp³-hybridized carbons (Fsp3) is 0. The Kier molecular flexibility index (Phi) is 10.6. The van der Waals surface area contributed by atoms with Crippen molar-refractivity contribution in [3.8, 4) is 11.1 Å². The molecule has 2 rings (SSSR count). The van der Waals surface area contributed by atoms with Gasteiger partial charge in [-0.05, 0) is 11.1 Å². The van der Waals surface area contributed by atoms with Crippen LogP contribution in [0.3, 0.4) is 0 Å². The van der Waals surface area contributed by atoms with Crippen LogP contribution in [0.15, 0.2) is 60.7 Å². The molecule has 0 heterocycles. The first-order valence-corrected chi connectivity index (χ1v) is 4.07. The van der Waals surface area contributed by atoms with Gasteiger partial charge in [-0.25, -0.2) is 0 Å². The molecule has 2 aromatic carbocycles. The van der Waals surface area contributed by atoms with E-state index in [0.29, 0.717) is 0 Å². The number of hydrogen-bond donors (Lipinski definition) is 0. The van der Waals surface area contributed by atoms with Crippen LogP contribution in [0.2, 0.25) is 0 Å². The Bertz CT molecular complexity index is 311. The van der Waals surface area contributed by atoms with Gasteiger partial charge in [0.05, 0.1) is 0 Å². The molecule has 0 spiro atoms. The Morgan fingerprint density at radius 3 is 1.00 bits per heavy atom. The van der Waals surface area contributed by atoms with E-state index >= 15 is 0 Å². The van der Waals surface area contributed by atoms with E-state index in [2.05, 4.69) is 48.5 Å². The minimum atomic E-state index is 0. The molecule has 0 fully saturated rings. The van der Waals surface area contributed by atoms with Crippen molar-refractivity contribution in [1.82, 2.24) is 0 Å². The van der Waals surface area contributed by atoms with Crippen molar-refractivity contribution in [2.75, 3.05) is 0 Å². The van der Waals surface area contributed by atoms with E-state index in [-0.39, 0.29) is 51.0 Å². The molecule has 78 valence electrons. The van der Waals surface area contributed by atoms with Gasteiger partial charge < -0.3 is 0 Å². The summed E-state index contributed by atoms with van der Waals surface area (Å²) >= 11 is 0. The van der Waals surface area contributed by atoms with E-state index < -0.39 is 0 Å². The average molecular weight is 318 g/mol. The summed E-state index contributed by atoms with van der Waals surface area (Å²) in [4.78, 5) is 0. The van der Waals surface area contributed by atoms with Gasteiger partial charge in [0.15, 0.2) is 0 Å². The molecule has 0 atom stereocenters. The summed E-state index contributed by atoms with van der Waals surface area (Å²) in [6.07, 6.45) is 0. The van der Waals surface area contributed by atoms with E-state index in [0.717, 1.165) is 0 Å². The molecule has 0 aliphatic carbocycles. The van der Waals surface area contributed by atoms with Crippen molar-refractivity contribution in [3.05, 3.63) is 60.7 Å². The Balaban J connectivity index is 0. The number of benzene rings is 2. The van der Waals surface area contributed by atoms with Crippen LogP contribution in [0.5, 0.6) is 0 Å². The molecule has 0 N–H and O–H groups in total. The topological polar surface area (TPSA) is 0 Å². The minimum absolute atomic E-state index is 0. The van der Waals surface area contributed by atoms with Gasteiger partial charge in [0.1, 0.15) is 0 Å². The molecular formula is C12H12Cl2Zr. The smallest absolute Gasteiger partial charge is 0 e. The van der Waals surface area contributed by atoms with Crippen molar-refractivity contribution >= 4 is 24.8 Å². The fourth-order valence-electron chi connectivity index (χ4n) is 1.26. The molecule has 0 radical (unpaired) electrons. The zero-order chi connectivity index (χ0) is 8.23. The Morgan fingerprint density at radius 1 is 0.467 bits per heavy atom. The molecule has 15 heavy (non-hydrogen) atoms. The largest absolute Gasteiger partial charge is 0.147 e. The molecule has 2 aromatic rings. The van der Waals surface area contributed by atoms with Crippen LogP contribution in [0.25, 0.3) is 11.1 Å². The van der Waals surface area contributed by atoms with Gasteiger partial charge in [-0.2, -0.15) is 0 Å². The maximum Gasteiger partial charge on any atom is 0 e. The van der Waals surface area contributed by atoms with Crippen molar-refractivity contribution in [2.24, 2.45) is 0 Å². The summed E-state index contributed by atoms with van der Waals surface area (Å²) < 4.78 is 0. The van der Waals surface area contributed by atoms with Crippen molar-refractivity contribution in [3.63, 3.8) is 0 Å². The molecule has 0 bridgehead atoms. The summed E-state index contributed by atoms with van der Waals surface area (Å²) in [5.41, 5.74) is 2.55. The Morgan fingerprint density at radius 2 is 0.733 bits per heavy atom. The minimum Gasteiger partial charge on any atom is -0.147 e. The maximum absolute atomic E-state index is 2.12. The van der Waals surface area contributed by atoms with Gasteiger partial charge in [0, 0.05) is 26.2 Å². The molecule has 0 nitrogen and oxygen atoms in total. The van der Waals surface area contributed by atoms with Crippen LogP contribution in [-0.2, 0) is 26.2 Å². The third-order valence-electron chi connectivity index (χ3n) is 1.88. The van der Waals surface area contributed by atoms with E-state index in [1.807, 2.05) is 12.1 Å². The summed E-state index contributed by atoms with van der Waals surface area (Å²) in [7, 11) is 0. The van der Waals surface area contributed by atoms with Crippen LogP contribution < -0.4 is 0 Å². The second-order valence-electron chi connectivity index (χ2n) is 2.73. The molecule has 0 aliphatic heterocycles. The van der Waals surface area contributed by atoms with Crippen LogP contribution in [0, 0.1) is 0 Å². The molecule has 0 aromatic heterocycles. The SMILES string of the molecule is Cl.Cl.[Zr].c1ccc(-c2ccccc2)cc1. The molecule has 0 unspecified atom stereocenters. The van der Waals surface area contributed by atoms with E-state index in [4.69, 9.17) is 0 Å². The summed E-state index contributed by atoms with van der Waals surface area (Å²) in [6, 6.07) is 20.8. The van der Waals surface area contributed by atoms with Crippen molar-refractivity contribution in [1.29, 1.82) is 0 Å². The van der Waals surface area contributed by atoms with Gasteiger partial charge in [0.2, 0.25) is 0 Å². The van der Waals surface area contributed by atoms with Crippen molar-refractivity contribution in [2.45, 2.75) is 0 Å². The van der Waals surface area contributed by atoms with E-state index in [1.54, 1.807) is 0 Å². The first-order chi connectivity index (χ1) is 5.97. The predicted octanol–water partition coefficient (Wildman–Crippen LogP) is 4.19. The second kappa shape index (κ2) is 9.15. The normalized spacial score (nSPS) is 7.73. The van der Waals surface area contributed by atoms with Crippen LogP contribution in [0.4, 0.5) is 0 Å². The summed E-state index contributed by atoms with van der Waals surface area (Å²) in [5, 5.41) is 0. The van der Waals surface area contributed by atoms with Gasteiger partial charge in [-0.1, -0.05) is 60.7 Å². The first kappa shape index (κ1) is 17.3. The third-order valence-corrected chi connectivity index (χ3v) is 1.88. The van der Waals surface area contributed by atoms with Crippen LogP contribution in [0.1, 0.15) is 0 Å². The van der Waals surface area contributed by atoms with Crippen molar-refractivity contribution < 1.29 is 26.2 Å².